The van der Waals surface area contributed by atoms with Gasteiger partial charge < -0.3 is 20.1 Å². The SMILES string of the molecule is COCCCNC(=O)c1ccc(CNC(=O)OC)cc1. The molecular weight excluding hydrogens is 260 g/mol. The van der Waals surface area contributed by atoms with Crippen LogP contribution >= 0.6 is 0 Å². The van der Waals surface area contributed by atoms with Crippen molar-refractivity contribution in [2.45, 2.75) is 13.0 Å². The first-order valence-corrected chi connectivity index (χ1v) is 6.35. The van der Waals surface area contributed by atoms with Gasteiger partial charge >= 0.3 is 6.09 Å². The fraction of sp³-hybridized carbons (Fsp3) is 0.429. The molecule has 0 aromatic heterocycles. The number of rotatable bonds is 7. The number of methoxy groups -OCH3 is 2. The second-order valence-corrected chi connectivity index (χ2v) is 4.14. The van der Waals surface area contributed by atoms with Crippen LogP contribution in [-0.4, -0.2) is 39.4 Å². The Morgan fingerprint density at radius 3 is 2.40 bits per heavy atom. The van der Waals surface area contributed by atoms with E-state index >= 15 is 0 Å². The molecule has 0 radical (unpaired) electrons. The summed E-state index contributed by atoms with van der Waals surface area (Å²) in [5, 5.41) is 5.37. The van der Waals surface area contributed by atoms with E-state index in [4.69, 9.17) is 4.74 Å². The Labute approximate surface area is 118 Å². The third kappa shape index (κ3) is 5.71. The highest BCUT2D eigenvalue weighted by molar-refractivity contribution is 5.94. The average molecular weight is 280 g/mol. The monoisotopic (exact) mass is 280 g/mol. The zero-order valence-corrected chi connectivity index (χ0v) is 11.8. The van der Waals surface area contributed by atoms with Crippen LogP contribution < -0.4 is 10.6 Å². The molecule has 2 N–H and O–H groups in total. The van der Waals surface area contributed by atoms with E-state index in [1.165, 1.54) is 7.11 Å². The van der Waals surface area contributed by atoms with Crippen LogP contribution in [0, 0.1) is 0 Å². The van der Waals surface area contributed by atoms with Crippen molar-refractivity contribution in [2.75, 3.05) is 27.4 Å². The fourth-order valence-corrected chi connectivity index (χ4v) is 1.54. The van der Waals surface area contributed by atoms with Crippen LogP contribution in [0.2, 0.25) is 0 Å². The molecule has 1 aromatic rings. The van der Waals surface area contributed by atoms with E-state index in [0.717, 1.165) is 12.0 Å². The van der Waals surface area contributed by atoms with Gasteiger partial charge in [-0.3, -0.25) is 4.79 Å². The lowest BCUT2D eigenvalue weighted by atomic mass is 10.1. The molecule has 1 aromatic carbocycles. The van der Waals surface area contributed by atoms with Crippen molar-refractivity contribution in [1.82, 2.24) is 10.6 Å². The number of carbonyl (C=O) groups is 2. The summed E-state index contributed by atoms with van der Waals surface area (Å²) in [6.07, 6.45) is 0.300. The summed E-state index contributed by atoms with van der Waals surface area (Å²) in [6.45, 7) is 1.57. The fourth-order valence-electron chi connectivity index (χ4n) is 1.54. The largest absolute Gasteiger partial charge is 0.453 e. The molecule has 0 aliphatic heterocycles. The van der Waals surface area contributed by atoms with E-state index in [1.807, 2.05) is 0 Å². The van der Waals surface area contributed by atoms with Crippen LogP contribution in [0.5, 0.6) is 0 Å². The van der Waals surface area contributed by atoms with Gasteiger partial charge in [0.15, 0.2) is 0 Å². The van der Waals surface area contributed by atoms with Crippen molar-refractivity contribution < 1.29 is 19.1 Å². The van der Waals surface area contributed by atoms with Crippen molar-refractivity contribution in [1.29, 1.82) is 0 Å². The average Bonchev–Trinajstić information content (AvgIpc) is 2.49. The highest BCUT2D eigenvalue weighted by Gasteiger charge is 2.05. The van der Waals surface area contributed by atoms with Crippen LogP contribution in [0.3, 0.4) is 0 Å². The van der Waals surface area contributed by atoms with E-state index in [1.54, 1.807) is 31.4 Å². The van der Waals surface area contributed by atoms with E-state index < -0.39 is 6.09 Å². The van der Waals surface area contributed by atoms with Gasteiger partial charge in [0.1, 0.15) is 0 Å². The highest BCUT2D eigenvalue weighted by atomic mass is 16.5. The second kappa shape index (κ2) is 8.92. The maximum absolute atomic E-state index is 11.8. The van der Waals surface area contributed by atoms with Gasteiger partial charge in [-0.2, -0.15) is 0 Å². The highest BCUT2D eigenvalue weighted by Crippen LogP contribution is 2.04. The molecule has 0 saturated carbocycles. The Hall–Kier alpha value is -2.08. The molecule has 0 fully saturated rings. The summed E-state index contributed by atoms with van der Waals surface area (Å²) >= 11 is 0. The lowest BCUT2D eigenvalue weighted by Gasteiger charge is -2.07. The molecule has 0 heterocycles. The molecule has 1 rings (SSSR count). The minimum absolute atomic E-state index is 0.117. The summed E-state index contributed by atoms with van der Waals surface area (Å²) in [4.78, 5) is 22.7. The second-order valence-electron chi connectivity index (χ2n) is 4.14. The molecule has 0 saturated heterocycles. The van der Waals surface area contributed by atoms with Gasteiger partial charge in [0, 0.05) is 32.4 Å². The van der Waals surface area contributed by atoms with Gasteiger partial charge in [0.25, 0.3) is 5.91 Å². The number of nitrogens with one attached hydrogen (secondary N) is 2. The molecule has 6 nitrogen and oxygen atoms in total. The first kappa shape index (κ1) is 16.0. The van der Waals surface area contributed by atoms with Crippen LogP contribution in [0.1, 0.15) is 22.3 Å². The number of benzene rings is 1. The van der Waals surface area contributed by atoms with Gasteiger partial charge in [-0.15, -0.1) is 0 Å². The zero-order chi connectivity index (χ0) is 14.8. The summed E-state index contributed by atoms with van der Waals surface area (Å²) in [5.74, 6) is -0.117. The number of carbonyl (C=O) groups excluding carboxylic acids is 2. The molecule has 0 aliphatic rings. The molecule has 20 heavy (non-hydrogen) atoms. The summed E-state index contributed by atoms with van der Waals surface area (Å²) in [6, 6.07) is 7.03. The van der Waals surface area contributed by atoms with Gasteiger partial charge in [-0.1, -0.05) is 12.1 Å². The lowest BCUT2D eigenvalue weighted by Crippen LogP contribution is -2.25. The first-order valence-electron chi connectivity index (χ1n) is 6.35. The standard InChI is InChI=1S/C14H20N2O4/c1-19-9-3-8-15-13(17)12-6-4-11(5-7-12)10-16-14(18)20-2/h4-7H,3,8-10H2,1-2H3,(H,15,17)(H,16,18). The van der Waals surface area contributed by atoms with Gasteiger partial charge in [0.05, 0.1) is 7.11 Å². The Bertz CT molecular complexity index is 431. The number of hydrogen-bond donors (Lipinski definition) is 2. The predicted octanol–water partition coefficient (Wildman–Crippen LogP) is 1.31. The Morgan fingerprint density at radius 1 is 1.10 bits per heavy atom. The Balaban J connectivity index is 2.41. The lowest BCUT2D eigenvalue weighted by molar-refractivity contribution is 0.0948. The quantitative estimate of drug-likeness (QED) is 0.738. The molecule has 0 atom stereocenters. The van der Waals surface area contributed by atoms with Crippen molar-refractivity contribution in [3.63, 3.8) is 0 Å². The minimum Gasteiger partial charge on any atom is -0.453 e. The normalized spacial score (nSPS) is 9.90. The van der Waals surface area contributed by atoms with E-state index in [-0.39, 0.29) is 5.91 Å². The van der Waals surface area contributed by atoms with Gasteiger partial charge in [0.2, 0.25) is 0 Å². The third-order valence-electron chi connectivity index (χ3n) is 2.65. The van der Waals surface area contributed by atoms with Crippen LogP contribution in [0.4, 0.5) is 4.79 Å². The van der Waals surface area contributed by atoms with E-state index in [9.17, 15) is 9.59 Å². The van der Waals surface area contributed by atoms with Crippen molar-refractivity contribution >= 4 is 12.0 Å². The maximum atomic E-state index is 11.8. The topological polar surface area (TPSA) is 76.7 Å². The van der Waals surface area contributed by atoms with E-state index in [0.29, 0.717) is 25.3 Å². The summed E-state index contributed by atoms with van der Waals surface area (Å²) in [5.41, 5.74) is 1.48. The van der Waals surface area contributed by atoms with Crippen LogP contribution in [-0.2, 0) is 16.0 Å². The Morgan fingerprint density at radius 2 is 1.80 bits per heavy atom. The van der Waals surface area contributed by atoms with Crippen molar-refractivity contribution in [3.8, 4) is 0 Å². The molecule has 0 bridgehead atoms. The molecule has 0 unspecified atom stereocenters. The first-order chi connectivity index (χ1) is 9.67. The number of ether oxygens (including phenoxy) is 2. The molecule has 0 aliphatic carbocycles. The number of hydrogen-bond acceptors (Lipinski definition) is 4. The van der Waals surface area contributed by atoms with Crippen LogP contribution in [0.25, 0.3) is 0 Å². The zero-order valence-electron chi connectivity index (χ0n) is 11.8. The number of alkyl carbamates (subject to hydrolysis) is 1. The summed E-state index contributed by atoms with van der Waals surface area (Å²) < 4.78 is 9.38. The van der Waals surface area contributed by atoms with Crippen molar-refractivity contribution in [2.24, 2.45) is 0 Å². The van der Waals surface area contributed by atoms with Gasteiger partial charge in [-0.25, -0.2) is 4.79 Å². The molecule has 110 valence electrons. The number of amides is 2. The minimum atomic E-state index is -0.482. The molecule has 6 heteroatoms. The molecular formula is C14H20N2O4. The maximum Gasteiger partial charge on any atom is 0.407 e. The van der Waals surface area contributed by atoms with E-state index in [2.05, 4.69) is 15.4 Å². The third-order valence-corrected chi connectivity index (χ3v) is 2.65. The van der Waals surface area contributed by atoms with Crippen molar-refractivity contribution in [3.05, 3.63) is 35.4 Å². The van der Waals surface area contributed by atoms with Gasteiger partial charge in [-0.05, 0) is 24.1 Å². The Kier molecular flexibility index (Phi) is 7.13. The smallest absolute Gasteiger partial charge is 0.407 e. The van der Waals surface area contributed by atoms with Crippen LogP contribution in [0.15, 0.2) is 24.3 Å². The summed E-state index contributed by atoms with van der Waals surface area (Å²) in [7, 11) is 2.94. The molecule has 0 spiro atoms. The molecule has 2 amide bonds. The predicted molar refractivity (Wildman–Crippen MR) is 74.5 cm³/mol.